The van der Waals surface area contributed by atoms with E-state index in [-0.39, 0.29) is 18.8 Å². The standard InChI is InChI=1S/C11H14BNO4/c13-4-10-8-2-1-3-9-11(8)12(17-10)16-7(5-14)6-15-9/h1-3,7,10,14H,4-6,13H2/t7-,10?/m1/s1. The summed E-state index contributed by atoms with van der Waals surface area (Å²) >= 11 is 0. The predicted octanol–water partition coefficient (Wildman–Crippen LogP) is -0.818. The highest BCUT2D eigenvalue weighted by Crippen LogP contribution is 2.30. The summed E-state index contributed by atoms with van der Waals surface area (Å²) in [5.74, 6) is 0.763. The van der Waals surface area contributed by atoms with E-state index in [1.165, 1.54) is 0 Å². The van der Waals surface area contributed by atoms with E-state index in [0.717, 1.165) is 16.8 Å². The lowest BCUT2D eigenvalue weighted by molar-refractivity contribution is 0.0498. The first-order chi connectivity index (χ1) is 8.33. The first kappa shape index (κ1) is 11.0. The molecule has 0 radical (unpaired) electrons. The van der Waals surface area contributed by atoms with Gasteiger partial charge in [-0.2, -0.15) is 0 Å². The Morgan fingerprint density at radius 1 is 1.41 bits per heavy atom. The zero-order valence-electron chi connectivity index (χ0n) is 9.33. The van der Waals surface area contributed by atoms with Crippen molar-refractivity contribution in [1.29, 1.82) is 0 Å². The molecule has 2 atom stereocenters. The number of nitrogens with two attached hydrogens (primary N) is 1. The van der Waals surface area contributed by atoms with Crippen LogP contribution in [0.4, 0.5) is 0 Å². The van der Waals surface area contributed by atoms with E-state index in [2.05, 4.69) is 0 Å². The van der Waals surface area contributed by atoms with Gasteiger partial charge in [-0.3, -0.25) is 0 Å². The molecule has 0 amide bonds. The van der Waals surface area contributed by atoms with Gasteiger partial charge in [0.2, 0.25) is 0 Å². The van der Waals surface area contributed by atoms with Crippen LogP contribution in [0.2, 0.25) is 0 Å². The number of hydrogen-bond donors (Lipinski definition) is 2. The Labute approximate surface area is 99.6 Å². The van der Waals surface area contributed by atoms with Crippen molar-refractivity contribution in [3.8, 4) is 5.75 Å². The molecule has 0 bridgehead atoms. The molecule has 0 saturated carbocycles. The molecule has 0 spiro atoms. The zero-order chi connectivity index (χ0) is 11.8. The second-order valence-electron chi connectivity index (χ2n) is 4.20. The molecule has 17 heavy (non-hydrogen) atoms. The summed E-state index contributed by atoms with van der Waals surface area (Å²) in [5.41, 5.74) is 7.61. The maximum atomic E-state index is 9.16. The minimum atomic E-state index is -0.477. The smallest absolute Gasteiger partial charge is 0.491 e. The Morgan fingerprint density at radius 3 is 3.06 bits per heavy atom. The van der Waals surface area contributed by atoms with E-state index < -0.39 is 7.12 Å². The van der Waals surface area contributed by atoms with Crippen molar-refractivity contribution in [2.24, 2.45) is 5.73 Å². The maximum absolute atomic E-state index is 9.16. The minimum Gasteiger partial charge on any atom is -0.491 e. The van der Waals surface area contributed by atoms with Crippen LogP contribution in [0.25, 0.3) is 0 Å². The first-order valence-electron chi connectivity index (χ1n) is 5.71. The van der Waals surface area contributed by atoms with Gasteiger partial charge in [0, 0.05) is 12.0 Å². The summed E-state index contributed by atoms with van der Waals surface area (Å²) in [6.07, 6.45) is -0.521. The van der Waals surface area contributed by atoms with E-state index in [0.29, 0.717) is 13.2 Å². The number of ether oxygens (including phenoxy) is 1. The maximum Gasteiger partial charge on any atom is 0.498 e. The van der Waals surface area contributed by atoms with Crippen LogP contribution < -0.4 is 15.9 Å². The second-order valence-corrected chi connectivity index (χ2v) is 4.20. The third kappa shape index (κ3) is 1.73. The molecule has 2 aliphatic heterocycles. The molecule has 0 aliphatic carbocycles. The van der Waals surface area contributed by atoms with Gasteiger partial charge in [-0.25, -0.2) is 0 Å². The zero-order valence-corrected chi connectivity index (χ0v) is 9.33. The van der Waals surface area contributed by atoms with Gasteiger partial charge in [0.15, 0.2) is 0 Å². The SMILES string of the molecule is NCC1OB2O[C@H](CO)COc3cccc1c32. The quantitative estimate of drug-likeness (QED) is 0.655. The lowest BCUT2D eigenvalue weighted by Gasteiger charge is -2.16. The first-order valence-corrected chi connectivity index (χ1v) is 5.71. The third-order valence-electron chi connectivity index (χ3n) is 3.13. The fourth-order valence-corrected chi connectivity index (χ4v) is 2.29. The van der Waals surface area contributed by atoms with Gasteiger partial charge in [-0.15, -0.1) is 0 Å². The van der Waals surface area contributed by atoms with Gasteiger partial charge in [0.25, 0.3) is 0 Å². The normalized spacial score (nSPS) is 26.4. The molecule has 3 rings (SSSR count). The van der Waals surface area contributed by atoms with Crippen LogP contribution in [0, 0.1) is 0 Å². The van der Waals surface area contributed by atoms with E-state index in [9.17, 15) is 0 Å². The Kier molecular flexibility index (Phi) is 2.80. The Hall–Kier alpha value is -1.08. The van der Waals surface area contributed by atoms with Crippen molar-refractivity contribution in [2.45, 2.75) is 12.2 Å². The minimum absolute atomic E-state index is 0.0868. The molecule has 0 aromatic heterocycles. The molecule has 90 valence electrons. The van der Waals surface area contributed by atoms with Gasteiger partial charge in [-0.1, -0.05) is 12.1 Å². The van der Waals surface area contributed by atoms with E-state index in [1.807, 2.05) is 18.2 Å². The number of aliphatic hydroxyl groups is 1. The van der Waals surface area contributed by atoms with Crippen LogP contribution in [0.3, 0.4) is 0 Å². The summed E-state index contributed by atoms with van der Waals surface area (Å²) < 4.78 is 17.0. The molecular formula is C11H14BNO4. The Bertz CT molecular complexity index is 428. The van der Waals surface area contributed by atoms with Crippen molar-refractivity contribution in [3.05, 3.63) is 23.8 Å². The summed E-state index contributed by atoms with van der Waals surface area (Å²) in [6, 6.07) is 5.78. The van der Waals surface area contributed by atoms with Crippen molar-refractivity contribution >= 4 is 12.6 Å². The highest BCUT2D eigenvalue weighted by Gasteiger charge is 2.42. The third-order valence-corrected chi connectivity index (χ3v) is 3.13. The second kappa shape index (κ2) is 4.31. The van der Waals surface area contributed by atoms with Crippen LogP contribution in [0.5, 0.6) is 5.75 Å². The lowest BCUT2D eigenvalue weighted by Crippen LogP contribution is -2.36. The lowest BCUT2D eigenvalue weighted by atomic mass is 9.77. The topological polar surface area (TPSA) is 73.9 Å². The molecule has 2 aliphatic rings. The number of aliphatic hydroxyl groups excluding tert-OH is 1. The number of hydrogen-bond acceptors (Lipinski definition) is 5. The van der Waals surface area contributed by atoms with E-state index in [1.54, 1.807) is 0 Å². The van der Waals surface area contributed by atoms with Crippen molar-refractivity contribution in [3.63, 3.8) is 0 Å². The molecule has 6 heteroatoms. The van der Waals surface area contributed by atoms with Gasteiger partial charge in [0.1, 0.15) is 18.5 Å². The molecule has 3 N–H and O–H groups in total. The summed E-state index contributed by atoms with van der Waals surface area (Å²) in [7, 11) is -0.477. The summed E-state index contributed by atoms with van der Waals surface area (Å²) in [5, 5.41) is 9.16. The van der Waals surface area contributed by atoms with Crippen molar-refractivity contribution in [1.82, 2.24) is 0 Å². The molecule has 1 aromatic rings. The van der Waals surface area contributed by atoms with Crippen molar-refractivity contribution in [2.75, 3.05) is 19.8 Å². The number of benzene rings is 1. The summed E-state index contributed by atoms with van der Waals surface area (Å²) in [4.78, 5) is 0. The van der Waals surface area contributed by atoms with Crippen LogP contribution in [0.1, 0.15) is 11.7 Å². The fraction of sp³-hybridized carbons (Fsp3) is 0.455. The highest BCUT2D eigenvalue weighted by molar-refractivity contribution is 6.64. The molecule has 0 fully saturated rings. The van der Waals surface area contributed by atoms with Gasteiger partial charge < -0.3 is 24.9 Å². The largest absolute Gasteiger partial charge is 0.498 e. The molecule has 0 saturated heterocycles. The van der Waals surface area contributed by atoms with Crippen LogP contribution in [0.15, 0.2) is 18.2 Å². The average molecular weight is 235 g/mol. The monoisotopic (exact) mass is 235 g/mol. The molecular weight excluding hydrogens is 221 g/mol. The van der Waals surface area contributed by atoms with E-state index in [4.69, 9.17) is 24.9 Å². The van der Waals surface area contributed by atoms with Gasteiger partial charge >= 0.3 is 7.12 Å². The van der Waals surface area contributed by atoms with Crippen LogP contribution in [-0.4, -0.2) is 38.1 Å². The Balaban J connectivity index is 2.02. The van der Waals surface area contributed by atoms with Gasteiger partial charge in [-0.05, 0) is 11.6 Å². The molecule has 5 nitrogen and oxygen atoms in total. The highest BCUT2D eigenvalue weighted by atomic mass is 16.6. The van der Waals surface area contributed by atoms with Crippen LogP contribution in [-0.2, 0) is 9.31 Å². The van der Waals surface area contributed by atoms with Crippen LogP contribution >= 0.6 is 0 Å². The van der Waals surface area contributed by atoms with Crippen molar-refractivity contribution < 1.29 is 19.2 Å². The Morgan fingerprint density at radius 2 is 2.29 bits per heavy atom. The molecule has 1 aromatic carbocycles. The number of rotatable bonds is 2. The predicted molar refractivity (Wildman–Crippen MR) is 62.2 cm³/mol. The molecule has 1 unspecified atom stereocenters. The summed E-state index contributed by atoms with van der Waals surface area (Å²) in [6.45, 7) is 0.649. The fourth-order valence-electron chi connectivity index (χ4n) is 2.29. The average Bonchev–Trinajstić information content (AvgIpc) is 2.61. The van der Waals surface area contributed by atoms with Gasteiger partial charge in [0.05, 0.1) is 12.7 Å². The molecule has 2 heterocycles. The van der Waals surface area contributed by atoms with E-state index >= 15 is 0 Å².